The molecule has 0 fully saturated rings. The van der Waals surface area contributed by atoms with Gasteiger partial charge in [0.25, 0.3) is 5.91 Å². The number of para-hydroxylation sites is 2. The molecule has 176 valence electrons. The van der Waals surface area contributed by atoms with Gasteiger partial charge in [0.1, 0.15) is 23.1 Å². The smallest absolute Gasteiger partial charge is 0.319 e. The molecule has 3 amide bonds. The first kappa shape index (κ1) is 23.2. The molecule has 0 saturated carbocycles. The largest absolute Gasteiger partial charge is 0.496 e. The van der Waals surface area contributed by atoms with Crippen molar-refractivity contribution in [2.75, 3.05) is 23.9 Å². The van der Waals surface area contributed by atoms with Crippen molar-refractivity contribution in [1.29, 1.82) is 0 Å². The Hall–Kier alpha value is -3.94. The van der Waals surface area contributed by atoms with Crippen molar-refractivity contribution in [3.05, 3.63) is 89.0 Å². The van der Waals surface area contributed by atoms with Gasteiger partial charge in [-0.2, -0.15) is 0 Å². The molecule has 3 aromatic rings. The Kier molecular flexibility index (Phi) is 7.06. The highest BCUT2D eigenvalue weighted by atomic mass is 19.1. The normalized spacial score (nSPS) is 13.0. The predicted molar refractivity (Wildman–Crippen MR) is 126 cm³/mol. The minimum absolute atomic E-state index is 0.0687. The van der Waals surface area contributed by atoms with E-state index in [2.05, 4.69) is 10.6 Å². The van der Waals surface area contributed by atoms with Crippen LogP contribution in [-0.2, 0) is 13.0 Å². The number of hydrogen-bond acceptors (Lipinski definition) is 3. The molecule has 0 aliphatic carbocycles. The SMILES string of the molecule is COc1cc(CNC(=O)Nc2c(F)cccc2F)ccc1C(=O)N1CCCCc2ccccc21. The van der Waals surface area contributed by atoms with Crippen LogP contribution in [0.5, 0.6) is 5.75 Å². The van der Waals surface area contributed by atoms with Crippen molar-refractivity contribution < 1.29 is 23.1 Å². The molecule has 0 atom stereocenters. The maximum absolute atomic E-state index is 13.7. The lowest BCUT2D eigenvalue weighted by Gasteiger charge is -2.24. The lowest BCUT2D eigenvalue weighted by atomic mass is 10.1. The number of methoxy groups -OCH3 is 1. The maximum Gasteiger partial charge on any atom is 0.319 e. The molecule has 4 rings (SSSR count). The van der Waals surface area contributed by atoms with Crippen molar-refractivity contribution in [2.24, 2.45) is 0 Å². The fraction of sp³-hybridized carbons (Fsp3) is 0.231. The minimum Gasteiger partial charge on any atom is -0.496 e. The number of carbonyl (C=O) groups excluding carboxylic acids is 2. The summed E-state index contributed by atoms with van der Waals surface area (Å²) in [5, 5.41) is 4.73. The van der Waals surface area contributed by atoms with Gasteiger partial charge in [0.05, 0.1) is 12.7 Å². The average molecular weight is 466 g/mol. The van der Waals surface area contributed by atoms with Gasteiger partial charge in [-0.05, 0) is 60.7 Å². The third-order valence-corrected chi connectivity index (χ3v) is 5.76. The quantitative estimate of drug-likeness (QED) is 0.539. The van der Waals surface area contributed by atoms with Gasteiger partial charge in [0.2, 0.25) is 0 Å². The van der Waals surface area contributed by atoms with Gasteiger partial charge in [-0.15, -0.1) is 0 Å². The number of urea groups is 1. The van der Waals surface area contributed by atoms with Crippen LogP contribution in [0.3, 0.4) is 0 Å². The Balaban J connectivity index is 1.48. The first-order valence-electron chi connectivity index (χ1n) is 11.0. The summed E-state index contributed by atoms with van der Waals surface area (Å²) in [6.07, 6.45) is 2.85. The van der Waals surface area contributed by atoms with E-state index >= 15 is 0 Å². The second-order valence-corrected chi connectivity index (χ2v) is 7.98. The molecule has 1 aliphatic rings. The van der Waals surface area contributed by atoms with Crippen LogP contribution in [0.25, 0.3) is 0 Å². The summed E-state index contributed by atoms with van der Waals surface area (Å²) in [5.41, 5.74) is 2.62. The van der Waals surface area contributed by atoms with Crippen molar-refractivity contribution in [2.45, 2.75) is 25.8 Å². The van der Waals surface area contributed by atoms with Gasteiger partial charge < -0.3 is 20.3 Å². The molecule has 8 heteroatoms. The van der Waals surface area contributed by atoms with E-state index in [1.165, 1.54) is 13.2 Å². The van der Waals surface area contributed by atoms with E-state index in [1.807, 2.05) is 24.3 Å². The summed E-state index contributed by atoms with van der Waals surface area (Å²) in [4.78, 5) is 27.3. The molecule has 34 heavy (non-hydrogen) atoms. The fourth-order valence-electron chi connectivity index (χ4n) is 4.03. The number of ether oxygens (including phenoxy) is 1. The third kappa shape index (κ3) is 5.01. The molecule has 0 radical (unpaired) electrons. The van der Waals surface area contributed by atoms with Gasteiger partial charge in [0.15, 0.2) is 0 Å². The van der Waals surface area contributed by atoms with E-state index < -0.39 is 23.4 Å². The number of nitrogens with zero attached hydrogens (tertiary/aromatic N) is 1. The van der Waals surface area contributed by atoms with Gasteiger partial charge in [-0.3, -0.25) is 4.79 Å². The lowest BCUT2D eigenvalue weighted by molar-refractivity contribution is 0.0984. The number of rotatable bonds is 5. The number of aryl methyl sites for hydroxylation is 1. The summed E-state index contributed by atoms with van der Waals surface area (Å²) in [6, 6.07) is 15.5. The predicted octanol–water partition coefficient (Wildman–Crippen LogP) is 5.28. The van der Waals surface area contributed by atoms with Gasteiger partial charge >= 0.3 is 6.03 Å². The van der Waals surface area contributed by atoms with Crippen LogP contribution in [0, 0.1) is 11.6 Å². The number of benzene rings is 3. The number of amides is 3. The van der Waals surface area contributed by atoms with Crippen molar-refractivity contribution >= 4 is 23.3 Å². The number of carbonyl (C=O) groups is 2. The Morgan fingerprint density at radius 3 is 2.53 bits per heavy atom. The van der Waals surface area contributed by atoms with Gasteiger partial charge in [-0.1, -0.05) is 30.3 Å². The first-order valence-corrected chi connectivity index (χ1v) is 11.0. The van der Waals surface area contributed by atoms with Crippen molar-refractivity contribution in [3.63, 3.8) is 0 Å². The lowest BCUT2D eigenvalue weighted by Crippen LogP contribution is -2.32. The number of anilines is 2. The van der Waals surface area contributed by atoms with Crippen LogP contribution in [-0.4, -0.2) is 25.6 Å². The molecule has 0 aromatic heterocycles. The summed E-state index contributed by atoms with van der Waals surface area (Å²) < 4.78 is 32.9. The number of hydrogen-bond donors (Lipinski definition) is 2. The Bertz CT molecular complexity index is 1200. The number of halogens is 2. The molecule has 0 spiro atoms. The first-order chi connectivity index (χ1) is 16.5. The number of fused-ring (bicyclic) bond motifs is 1. The van der Waals surface area contributed by atoms with Crippen LogP contribution in [0.1, 0.15) is 34.3 Å². The molecule has 0 unspecified atom stereocenters. The summed E-state index contributed by atoms with van der Waals surface area (Å²) in [5.74, 6) is -1.50. The van der Waals surface area contributed by atoms with Crippen LogP contribution in [0.15, 0.2) is 60.7 Å². The number of nitrogens with one attached hydrogen (secondary N) is 2. The topological polar surface area (TPSA) is 70.7 Å². The molecule has 0 bridgehead atoms. The van der Waals surface area contributed by atoms with Gasteiger partial charge in [0, 0.05) is 18.8 Å². The van der Waals surface area contributed by atoms with E-state index in [-0.39, 0.29) is 12.5 Å². The average Bonchev–Trinajstić information content (AvgIpc) is 3.07. The van der Waals surface area contributed by atoms with E-state index in [1.54, 1.807) is 23.1 Å². The van der Waals surface area contributed by atoms with Crippen LogP contribution in [0.4, 0.5) is 25.0 Å². The summed E-state index contributed by atoms with van der Waals surface area (Å²) >= 11 is 0. The Labute approximate surface area is 196 Å². The van der Waals surface area contributed by atoms with E-state index in [0.29, 0.717) is 23.4 Å². The maximum atomic E-state index is 13.7. The zero-order valence-corrected chi connectivity index (χ0v) is 18.7. The zero-order chi connectivity index (χ0) is 24.1. The highest BCUT2D eigenvalue weighted by Gasteiger charge is 2.24. The zero-order valence-electron chi connectivity index (χ0n) is 18.7. The standard InChI is InChI=1S/C26H25F2N3O3/c1-34-23-15-17(16-29-26(33)30-24-20(27)9-6-10-21(24)28)12-13-19(23)25(32)31-14-5-4-8-18-7-2-3-11-22(18)31/h2-3,6-7,9-13,15H,4-5,8,14,16H2,1H3,(H2,29,30,33). The van der Waals surface area contributed by atoms with Crippen LogP contribution < -0.4 is 20.3 Å². The fourth-order valence-corrected chi connectivity index (χ4v) is 4.03. The minimum atomic E-state index is -0.866. The summed E-state index contributed by atoms with van der Waals surface area (Å²) in [7, 11) is 1.48. The Morgan fingerprint density at radius 2 is 1.76 bits per heavy atom. The monoisotopic (exact) mass is 465 g/mol. The molecule has 6 nitrogen and oxygen atoms in total. The molecule has 2 N–H and O–H groups in total. The molecule has 0 saturated heterocycles. The molecular formula is C26H25F2N3O3. The van der Waals surface area contributed by atoms with E-state index in [4.69, 9.17) is 4.74 Å². The van der Waals surface area contributed by atoms with Crippen molar-refractivity contribution in [1.82, 2.24) is 5.32 Å². The van der Waals surface area contributed by atoms with Crippen LogP contribution >= 0.6 is 0 Å². The molecule has 1 aliphatic heterocycles. The van der Waals surface area contributed by atoms with Crippen LogP contribution in [0.2, 0.25) is 0 Å². The molecule has 1 heterocycles. The van der Waals surface area contributed by atoms with Crippen molar-refractivity contribution in [3.8, 4) is 5.75 Å². The van der Waals surface area contributed by atoms with Gasteiger partial charge in [-0.25, -0.2) is 13.6 Å². The van der Waals surface area contributed by atoms with E-state index in [9.17, 15) is 18.4 Å². The summed E-state index contributed by atoms with van der Waals surface area (Å²) in [6.45, 7) is 0.689. The molecule has 3 aromatic carbocycles. The second kappa shape index (κ2) is 10.3. The third-order valence-electron chi connectivity index (χ3n) is 5.76. The second-order valence-electron chi connectivity index (χ2n) is 7.98. The highest BCUT2D eigenvalue weighted by molar-refractivity contribution is 6.08. The molecular weight excluding hydrogens is 440 g/mol. The van der Waals surface area contributed by atoms with E-state index in [0.717, 1.165) is 42.6 Å². The highest BCUT2D eigenvalue weighted by Crippen LogP contribution is 2.30. The Morgan fingerprint density at radius 1 is 1.00 bits per heavy atom.